The molecular weight excluding hydrogens is 484 g/mol. The summed E-state index contributed by atoms with van der Waals surface area (Å²) in [5.74, 6) is 3.00. The van der Waals surface area contributed by atoms with Crippen molar-refractivity contribution in [3.63, 3.8) is 0 Å². The first-order valence-electron chi connectivity index (χ1n) is 14.5. The van der Waals surface area contributed by atoms with Gasteiger partial charge in [0.1, 0.15) is 5.75 Å². The van der Waals surface area contributed by atoms with Gasteiger partial charge in [0.2, 0.25) is 0 Å². The van der Waals surface area contributed by atoms with Gasteiger partial charge in [0, 0.05) is 24.8 Å². The van der Waals surface area contributed by atoms with E-state index >= 15 is 0 Å². The van der Waals surface area contributed by atoms with Gasteiger partial charge in [-0.2, -0.15) is 0 Å². The first kappa shape index (κ1) is 28.8. The van der Waals surface area contributed by atoms with Crippen LogP contribution >= 0.6 is 0 Å². The molecule has 4 rings (SSSR count). The van der Waals surface area contributed by atoms with Crippen LogP contribution in [-0.4, -0.2) is 39.0 Å². The summed E-state index contributed by atoms with van der Waals surface area (Å²) in [4.78, 5) is 2.45. The summed E-state index contributed by atoms with van der Waals surface area (Å²) in [5.41, 5.74) is 7.77. The molecule has 3 aromatic carbocycles. The summed E-state index contributed by atoms with van der Waals surface area (Å²) in [5, 5.41) is 13.5. The molecule has 0 aliphatic heterocycles. The normalized spacial score (nSPS) is 14.8. The predicted molar refractivity (Wildman–Crippen MR) is 162 cm³/mol. The minimum Gasteiger partial charge on any atom is -0.508 e. The number of nitrogens with one attached hydrogen (secondary N) is 1. The molecule has 2 N–H and O–H groups in total. The Morgan fingerprint density at radius 1 is 0.923 bits per heavy atom. The van der Waals surface area contributed by atoms with Crippen molar-refractivity contribution in [2.45, 2.75) is 65.3 Å². The van der Waals surface area contributed by atoms with Crippen molar-refractivity contribution in [3.05, 3.63) is 82.4 Å². The van der Waals surface area contributed by atoms with E-state index in [-0.39, 0.29) is 0 Å². The number of aryl methyl sites for hydroxylation is 1. The van der Waals surface area contributed by atoms with E-state index in [0.29, 0.717) is 11.7 Å². The molecule has 5 heteroatoms. The number of nitrogens with zero attached hydrogens (tertiary/aromatic N) is 1. The van der Waals surface area contributed by atoms with Crippen LogP contribution < -0.4 is 19.7 Å². The van der Waals surface area contributed by atoms with Crippen molar-refractivity contribution in [1.29, 1.82) is 0 Å². The summed E-state index contributed by atoms with van der Waals surface area (Å²) < 4.78 is 11.5. The quantitative estimate of drug-likeness (QED) is 0.236. The molecule has 0 saturated carbocycles. The van der Waals surface area contributed by atoms with Gasteiger partial charge >= 0.3 is 0 Å². The standard InChI is InChI=1S/C34H46N2O3/c1-6-36(23-26-9-7-25(8-10-26)16-18-35-17-15-24(2)3)32-22-34(39-5)33(38-4)21-31(32)29-12-11-28-20-30(37)14-13-27(28)19-29/h7-10,13-14,20-22,24,29,35,37H,6,11-12,15-19,23H2,1-5H3. The largest absolute Gasteiger partial charge is 0.508 e. The predicted octanol–water partition coefficient (Wildman–Crippen LogP) is 6.89. The lowest BCUT2D eigenvalue weighted by Gasteiger charge is -2.32. The molecule has 0 spiro atoms. The van der Waals surface area contributed by atoms with Crippen LogP contribution in [0.15, 0.2) is 54.6 Å². The van der Waals surface area contributed by atoms with Crippen LogP contribution in [-0.2, 0) is 25.8 Å². The summed E-state index contributed by atoms with van der Waals surface area (Å²) in [6.45, 7) is 10.6. The highest BCUT2D eigenvalue weighted by atomic mass is 16.5. The third kappa shape index (κ3) is 7.48. The van der Waals surface area contributed by atoms with Gasteiger partial charge in [0.05, 0.1) is 14.2 Å². The molecule has 3 aromatic rings. The maximum Gasteiger partial charge on any atom is 0.162 e. The van der Waals surface area contributed by atoms with Gasteiger partial charge in [-0.1, -0.05) is 44.2 Å². The molecular formula is C34H46N2O3. The molecule has 0 aromatic heterocycles. The van der Waals surface area contributed by atoms with E-state index in [9.17, 15) is 5.11 Å². The molecule has 1 aliphatic carbocycles. The van der Waals surface area contributed by atoms with Gasteiger partial charge < -0.3 is 24.8 Å². The van der Waals surface area contributed by atoms with Crippen molar-refractivity contribution < 1.29 is 14.6 Å². The van der Waals surface area contributed by atoms with Crippen LogP contribution in [0, 0.1) is 5.92 Å². The van der Waals surface area contributed by atoms with Gasteiger partial charge in [0.15, 0.2) is 11.5 Å². The Kier molecular flexibility index (Phi) is 10.2. The number of anilines is 1. The number of aromatic hydroxyl groups is 1. The Bertz CT molecular complexity index is 1210. The van der Waals surface area contributed by atoms with E-state index < -0.39 is 0 Å². The molecule has 210 valence electrons. The number of hydrogen-bond acceptors (Lipinski definition) is 5. The van der Waals surface area contributed by atoms with Gasteiger partial charge in [-0.15, -0.1) is 0 Å². The fourth-order valence-electron chi connectivity index (χ4n) is 5.64. The van der Waals surface area contributed by atoms with E-state index in [1.807, 2.05) is 6.07 Å². The van der Waals surface area contributed by atoms with Crippen molar-refractivity contribution in [3.8, 4) is 17.2 Å². The Hall–Kier alpha value is -3.18. The van der Waals surface area contributed by atoms with E-state index in [1.165, 1.54) is 39.9 Å². The fourth-order valence-corrected chi connectivity index (χ4v) is 5.64. The molecule has 0 amide bonds. The van der Waals surface area contributed by atoms with E-state index in [0.717, 1.165) is 69.3 Å². The second-order valence-corrected chi connectivity index (χ2v) is 11.2. The Balaban J connectivity index is 1.53. The van der Waals surface area contributed by atoms with Crippen LogP contribution in [0.2, 0.25) is 0 Å². The number of methoxy groups -OCH3 is 2. The van der Waals surface area contributed by atoms with Crippen LogP contribution in [0.4, 0.5) is 5.69 Å². The van der Waals surface area contributed by atoms with Gasteiger partial charge in [0.25, 0.3) is 0 Å². The first-order chi connectivity index (χ1) is 18.9. The van der Waals surface area contributed by atoms with Crippen molar-refractivity contribution in [1.82, 2.24) is 5.32 Å². The number of phenols is 1. The second-order valence-electron chi connectivity index (χ2n) is 11.2. The lowest BCUT2D eigenvalue weighted by molar-refractivity contribution is 0.354. The van der Waals surface area contributed by atoms with Crippen molar-refractivity contribution >= 4 is 5.69 Å². The van der Waals surface area contributed by atoms with Crippen LogP contribution in [0.1, 0.15) is 67.3 Å². The molecule has 0 fully saturated rings. The summed E-state index contributed by atoms with van der Waals surface area (Å²) >= 11 is 0. The minimum atomic E-state index is 0.351. The zero-order valence-electron chi connectivity index (χ0n) is 24.4. The lowest BCUT2D eigenvalue weighted by Crippen LogP contribution is -2.25. The topological polar surface area (TPSA) is 54.0 Å². The number of benzene rings is 3. The monoisotopic (exact) mass is 530 g/mol. The average Bonchev–Trinajstić information content (AvgIpc) is 2.95. The van der Waals surface area contributed by atoms with Crippen LogP contribution in [0.3, 0.4) is 0 Å². The van der Waals surface area contributed by atoms with Gasteiger partial charge in [-0.3, -0.25) is 0 Å². The van der Waals surface area contributed by atoms with Crippen LogP contribution in [0.25, 0.3) is 0 Å². The smallest absolute Gasteiger partial charge is 0.162 e. The highest BCUT2D eigenvalue weighted by Crippen LogP contribution is 2.43. The summed E-state index contributed by atoms with van der Waals surface area (Å²) in [6, 6.07) is 19.2. The third-order valence-corrected chi connectivity index (χ3v) is 8.00. The number of rotatable bonds is 13. The van der Waals surface area contributed by atoms with Crippen LogP contribution in [0.5, 0.6) is 17.2 Å². The molecule has 39 heavy (non-hydrogen) atoms. The zero-order valence-corrected chi connectivity index (χ0v) is 24.4. The number of ether oxygens (including phenoxy) is 2. The molecule has 1 unspecified atom stereocenters. The Morgan fingerprint density at radius 3 is 2.33 bits per heavy atom. The summed E-state index contributed by atoms with van der Waals surface area (Å²) in [6.07, 6.45) is 5.23. The summed E-state index contributed by atoms with van der Waals surface area (Å²) in [7, 11) is 3.41. The highest BCUT2D eigenvalue weighted by Gasteiger charge is 2.26. The Morgan fingerprint density at radius 2 is 1.64 bits per heavy atom. The van der Waals surface area contributed by atoms with E-state index in [2.05, 4.69) is 73.5 Å². The second kappa shape index (κ2) is 13.7. The van der Waals surface area contributed by atoms with Crippen molar-refractivity contribution in [2.75, 3.05) is 38.8 Å². The molecule has 5 nitrogen and oxygen atoms in total. The maximum atomic E-state index is 9.95. The first-order valence-corrected chi connectivity index (χ1v) is 14.5. The number of phenolic OH excluding ortho intramolecular Hbond substituents is 1. The third-order valence-electron chi connectivity index (χ3n) is 8.00. The molecule has 1 aliphatic rings. The van der Waals surface area contributed by atoms with E-state index in [4.69, 9.17) is 9.47 Å². The molecule has 0 heterocycles. The maximum absolute atomic E-state index is 9.95. The minimum absolute atomic E-state index is 0.351. The Labute approximate surface area is 235 Å². The van der Waals surface area contributed by atoms with Gasteiger partial charge in [-0.25, -0.2) is 0 Å². The SMILES string of the molecule is CCN(Cc1ccc(CCNCCC(C)C)cc1)c1cc(OC)c(OC)cc1C1CCc2cc(O)ccc2C1. The number of fused-ring (bicyclic) bond motifs is 1. The average molecular weight is 531 g/mol. The van der Waals surface area contributed by atoms with Crippen molar-refractivity contribution in [2.24, 2.45) is 5.92 Å². The molecule has 1 atom stereocenters. The highest BCUT2D eigenvalue weighted by molar-refractivity contribution is 5.64. The fraction of sp³-hybridized carbons (Fsp3) is 0.471. The molecule has 0 radical (unpaired) electrons. The molecule has 0 saturated heterocycles. The zero-order chi connectivity index (χ0) is 27.8. The lowest BCUT2D eigenvalue weighted by atomic mass is 9.79. The number of hydrogen-bond donors (Lipinski definition) is 2. The van der Waals surface area contributed by atoms with Gasteiger partial charge in [-0.05, 0) is 110 Å². The molecule has 0 bridgehead atoms. The van der Waals surface area contributed by atoms with E-state index in [1.54, 1.807) is 20.3 Å².